The van der Waals surface area contributed by atoms with E-state index in [2.05, 4.69) is 0 Å². The average molecular weight is 547 g/mol. The van der Waals surface area contributed by atoms with Gasteiger partial charge in [0.2, 0.25) is 0 Å². The summed E-state index contributed by atoms with van der Waals surface area (Å²) >= 11 is 2.73. The molecule has 2 N–H and O–H groups in total. The molecular formula is C27H34N2O6S2. The van der Waals surface area contributed by atoms with Crippen molar-refractivity contribution in [3.8, 4) is 23.6 Å². The zero-order chi connectivity index (χ0) is 27.0. The monoisotopic (exact) mass is 546 g/mol. The third kappa shape index (κ3) is 10.6. The number of carboxylic acids is 2. The molecule has 2 rings (SSSR count). The zero-order valence-corrected chi connectivity index (χ0v) is 22.8. The van der Waals surface area contributed by atoms with E-state index in [1.165, 1.54) is 23.5 Å². The van der Waals surface area contributed by atoms with Crippen LogP contribution in [0.1, 0.15) is 82.6 Å². The molecule has 1 aliphatic heterocycles. The van der Waals surface area contributed by atoms with Crippen LogP contribution in [0.3, 0.4) is 0 Å². The summed E-state index contributed by atoms with van der Waals surface area (Å²) in [6.45, 7) is 3.02. The molecular weight excluding hydrogens is 512 g/mol. The van der Waals surface area contributed by atoms with E-state index in [0.29, 0.717) is 36.0 Å². The van der Waals surface area contributed by atoms with Crippen molar-refractivity contribution in [1.82, 2.24) is 0 Å². The summed E-state index contributed by atoms with van der Waals surface area (Å²) in [4.78, 5) is 22.9. The number of rotatable bonds is 18. The van der Waals surface area contributed by atoms with E-state index in [-0.39, 0.29) is 18.4 Å². The highest BCUT2D eigenvalue weighted by Crippen LogP contribution is 2.59. The smallest absolute Gasteiger partial charge is 0.303 e. The van der Waals surface area contributed by atoms with Crippen LogP contribution in [0.2, 0.25) is 0 Å². The first kappa shape index (κ1) is 30.4. The summed E-state index contributed by atoms with van der Waals surface area (Å²) in [5.74, 6) is -0.0539. The van der Waals surface area contributed by atoms with E-state index in [0.717, 1.165) is 72.5 Å². The lowest BCUT2D eigenvalue weighted by molar-refractivity contribution is -0.138. The SMILES string of the molecule is Cc1cc(OCCCCCCCC(=O)O)c2c(c1OCCCCCCCC(=O)O)SC(=C(C#N)C#N)S2. The minimum atomic E-state index is -0.757. The van der Waals surface area contributed by atoms with Gasteiger partial charge in [-0.15, -0.1) is 0 Å². The molecule has 0 aromatic heterocycles. The fourth-order valence-corrected chi connectivity index (χ4v) is 6.38. The number of aryl methyl sites for hydroxylation is 1. The molecule has 0 spiro atoms. The Balaban J connectivity index is 1.97. The predicted molar refractivity (Wildman–Crippen MR) is 143 cm³/mol. The van der Waals surface area contributed by atoms with Gasteiger partial charge >= 0.3 is 11.9 Å². The van der Waals surface area contributed by atoms with E-state index >= 15 is 0 Å². The molecule has 0 bridgehead atoms. The van der Waals surface area contributed by atoms with Crippen molar-refractivity contribution >= 4 is 35.5 Å². The maximum atomic E-state index is 10.6. The molecule has 0 unspecified atom stereocenters. The molecule has 200 valence electrons. The first-order valence-electron chi connectivity index (χ1n) is 12.6. The minimum absolute atomic E-state index is 0.0727. The number of aliphatic carboxylic acids is 2. The Labute approximate surface area is 227 Å². The van der Waals surface area contributed by atoms with E-state index in [1.807, 2.05) is 25.1 Å². The number of nitrogens with zero attached hydrogens (tertiary/aromatic N) is 2. The Bertz CT molecular complexity index is 1040. The van der Waals surface area contributed by atoms with Gasteiger partial charge in [0.1, 0.15) is 29.2 Å². The number of carboxylic acid groups (broad SMARTS) is 2. The first-order valence-corrected chi connectivity index (χ1v) is 14.3. The molecule has 8 nitrogen and oxygen atoms in total. The molecule has 1 aliphatic rings. The van der Waals surface area contributed by atoms with Crippen LogP contribution < -0.4 is 9.47 Å². The summed E-state index contributed by atoms with van der Waals surface area (Å²) in [6.07, 6.45) is 9.13. The van der Waals surface area contributed by atoms with E-state index in [4.69, 9.17) is 19.7 Å². The van der Waals surface area contributed by atoms with Crippen molar-refractivity contribution in [3.05, 3.63) is 21.4 Å². The summed E-state index contributed by atoms with van der Waals surface area (Å²) in [5.41, 5.74) is 0.997. The molecule has 0 atom stereocenters. The number of hydrogen-bond donors (Lipinski definition) is 2. The number of nitriles is 2. The van der Waals surface area contributed by atoms with Crippen LogP contribution in [0.5, 0.6) is 11.5 Å². The van der Waals surface area contributed by atoms with Crippen LogP contribution in [-0.4, -0.2) is 35.4 Å². The number of hydrogen-bond acceptors (Lipinski definition) is 8. The van der Waals surface area contributed by atoms with E-state index in [9.17, 15) is 20.1 Å². The maximum Gasteiger partial charge on any atom is 0.303 e. The highest BCUT2D eigenvalue weighted by molar-refractivity contribution is 8.24. The second-order valence-corrected chi connectivity index (χ2v) is 11.1. The molecule has 1 aromatic carbocycles. The normalized spacial score (nSPS) is 11.9. The van der Waals surface area contributed by atoms with Gasteiger partial charge in [-0.25, -0.2) is 0 Å². The summed E-state index contributed by atoms with van der Waals surface area (Å²) in [7, 11) is 0. The number of benzene rings is 1. The number of thioether (sulfide) groups is 2. The fraction of sp³-hybridized carbons (Fsp3) is 0.556. The van der Waals surface area contributed by atoms with Gasteiger partial charge in [0.05, 0.1) is 27.2 Å². The lowest BCUT2D eigenvalue weighted by Crippen LogP contribution is -2.03. The largest absolute Gasteiger partial charge is 0.492 e. The molecule has 1 heterocycles. The van der Waals surface area contributed by atoms with Crippen molar-refractivity contribution < 1.29 is 29.3 Å². The highest BCUT2D eigenvalue weighted by atomic mass is 32.2. The van der Waals surface area contributed by atoms with Gasteiger partial charge in [-0.2, -0.15) is 10.5 Å². The van der Waals surface area contributed by atoms with Crippen LogP contribution in [0.15, 0.2) is 25.7 Å². The Morgan fingerprint density at radius 1 is 0.784 bits per heavy atom. The lowest BCUT2D eigenvalue weighted by Gasteiger charge is -2.16. The number of unbranched alkanes of at least 4 members (excludes halogenated alkanes) is 8. The molecule has 1 aromatic rings. The Hall–Kier alpha value is -2.82. The van der Waals surface area contributed by atoms with Crippen molar-refractivity contribution in [2.24, 2.45) is 0 Å². The average Bonchev–Trinajstić information content (AvgIpc) is 3.29. The summed E-state index contributed by atoms with van der Waals surface area (Å²) in [5, 5.41) is 36.1. The standard InChI is InChI=1S/C27H34N2O6S2/c1-19-16-21(34-14-10-6-2-4-8-12-22(30)31)25-26(37-27(36-25)20(17-28)18-29)24(19)35-15-11-7-3-5-9-13-23(32)33/h16H,2-15H2,1H3,(H,30,31)(H,32,33). The summed E-state index contributed by atoms with van der Waals surface area (Å²) in [6, 6.07) is 5.89. The number of fused-ring (bicyclic) bond motifs is 1. The zero-order valence-electron chi connectivity index (χ0n) is 21.2. The first-order chi connectivity index (χ1) is 17.9. The summed E-state index contributed by atoms with van der Waals surface area (Å²) < 4.78 is 12.9. The van der Waals surface area contributed by atoms with Crippen molar-refractivity contribution in [3.63, 3.8) is 0 Å². The highest BCUT2D eigenvalue weighted by Gasteiger charge is 2.30. The topological polar surface area (TPSA) is 141 Å². The van der Waals surface area contributed by atoms with Crippen LogP contribution in [0.25, 0.3) is 0 Å². The Kier molecular flexibility index (Phi) is 13.8. The third-order valence-corrected chi connectivity index (χ3v) is 8.34. The van der Waals surface area contributed by atoms with Gasteiger partial charge in [-0.05, 0) is 44.2 Å². The quantitative estimate of drug-likeness (QED) is 0.145. The minimum Gasteiger partial charge on any atom is -0.492 e. The van der Waals surface area contributed by atoms with E-state index in [1.54, 1.807) is 0 Å². The van der Waals surface area contributed by atoms with Crippen LogP contribution >= 0.6 is 23.5 Å². The molecule has 37 heavy (non-hydrogen) atoms. The third-order valence-electron chi connectivity index (χ3n) is 5.73. The predicted octanol–water partition coefficient (Wildman–Crippen LogP) is 7.06. The number of carbonyl (C=O) groups is 2. The van der Waals surface area contributed by atoms with Crippen molar-refractivity contribution in [1.29, 1.82) is 10.5 Å². The Morgan fingerprint density at radius 2 is 1.27 bits per heavy atom. The molecule has 0 aliphatic carbocycles. The molecule has 0 radical (unpaired) electrons. The van der Waals surface area contributed by atoms with E-state index < -0.39 is 11.9 Å². The lowest BCUT2D eigenvalue weighted by atomic mass is 10.1. The van der Waals surface area contributed by atoms with Gasteiger partial charge in [0.25, 0.3) is 0 Å². The molecule has 0 saturated carbocycles. The fourth-order valence-electron chi connectivity index (χ4n) is 3.80. The van der Waals surface area contributed by atoms with Gasteiger partial charge in [-0.3, -0.25) is 9.59 Å². The number of ether oxygens (including phenoxy) is 2. The van der Waals surface area contributed by atoms with Crippen LogP contribution in [0.4, 0.5) is 0 Å². The van der Waals surface area contributed by atoms with Gasteiger partial charge in [0, 0.05) is 12.8 Å². The van der Waals surface area contributed by atoms with Crippen LogP contribution in [-0.2, 0) is 9.59 Å². The van der Waals surface area contributed by atoms with Gasteiger partial charge in [0.15, 0.2) is 0 Å². The van der Waals surface area contributed by atoms with Gasteiger partial charge in [-0.1, -0.05) is 62.0 Å². The Morgan fingerprint density at radius 3 is 1.81 bits per heavy atom. The van der Waals surface area contributed by atoms with Crippen molar-refractivity contribution in [2.45, 2.75) is 93.8 Å². The van der Waals surface area contributed by atoms with Crippen LogP contribution in [0, 0.1) is 29.6 Å². The second kappa shape index (κ2) is 16.8. The van der Waals surface area contributed by atoms with Gasteiger partial charge < -0.3 is 19.7 Å². The van der Waals surface area contributed by atoms with Crippen molar-refractivity contribution in [2.75, 3.05) is 13.2 Å². The number of allylic oxidation sites excluding steroid dienone is 1. The molecule has 0 fully saturated rings. The molecule has 10 heteroatoms. The molecule has 0 saturated heterocycles. The maximum absolute atomic E-state index is 10.6. The second-order valence-electron chi connectivity index (χ2n) is 8.79. The molecule has 0 amide bonds.